The molecule has 0 spiro atoms. The lowest BCUT2D eigenvalue weighted by atomic mass is 9.98. The first kappa shape index (κ1) is 18.5. The molecule has 5 nitrogen and oxygen atoms in total. The zero-order valence-electron chi connectivity index (χ0n) is 16.4. The fraction of sp³-hybridized carbons (Fsp3) is 0.167. The van der Waals surface area contributed by atoms with Crippen LogP contribution < -0.4 is 9.47 Å². The molecule has 6 heteroatoms. The van der Waals surface area contributed by atoms with Crippen LogP contribution in [0.15, 0.2) is 60.6 Å². The average molecular weight is 402 g/mol. The number of carbonyl (C=O) groups excluding carboxylic acids is 1. The number of hydrogen-bond donors (Lipinski definition) is 0. The molecule has 150 valence electrons. The van der Waals surface area contributed by atoms with E-state index in [0.717, 1.165) is 22.4 Å². The molecule has 0 N–H and O–H groups in total. The fourth-order valence-electron chi connectivity index (χ4n) is 3.87. The van der Waals surface area contributed by atoms with Gasteiger partial charge in [0, 0.05) is 25.5 Å². The second kappa shape index (κ2) is 7.39. The second-order valence-electron chi connectivity index (χ2n) is 7.49. The van der Waals surface area contributed by atoms with Gasteiger partial charge in [0.25, 0.3) is 0 Å². The maximum absolute atomic E-state index is 13.5. The number of aromatic nitrogens is 1. The molecule has 0 saturated carbocycles. The minimum atomic E-state index is -0.360. The molecule has 0 unspecified atom stereocenters. The molecule has 0 amide bonds. The van der Waals surface area contributed by atoms with E-state index < -0.39 is 0 Å². The van der Waals surface area contributed by atoms with Gasteiger partial charge in [-0.2, -0.15) is 0 Å². The molecule has 0 fully saturated rings. The van der Waals surface area contributed by atoms with E-state index in [1.54, 1.807) is 30.6 Å². The summed E-state index contributed by atoms with van der Waals surface area (Å²) >= 11 is 0. The van der Waals surface area contributed by atoms with Gasteiger partial charge in [0.1, 0.15) is 24.0 Å². The highest BCUT2D eigenvalue weighted by molar-refractivity contribution is 6.15. The number of ether oxygens (including phenoxy) is 2. The lowest BCUT2D eigenvalue weighted by Crippen LogP contribution is -2.31. The van der Waals surface area contributed by atoms with Crippen molar-refractivity contribution < 1.29 is 18.7 Å². The number of pyridine rings is 1. The molecule has 2 aliphatic heterocycles. The quantitative estimate of drug-likeness (QED) is 0.604. The summed E-state index contributed by atoms with van der Waals surface area (Å²) in [5.41, 5.74) is 3.91. The number of rotatable bonds is 3. The van der Waals surface area contributed by atoms with Gasteiger partial charge < -0.3 is 9.47 Å². The third-order valence-electron chi connectivity index (χ3n) is 5.29. The first-order valence-corrected chi connectivity index (χ1v) is 9.69. The molecule has 0 radical (unpaired) electrons. The Balaban J connectivity index is 1.48. The lowest BCUT2D eigenvalue weighted by molar-refractivity contribution is 0.0872. The molecule has 0 saturated heterocycles. The molecule has 5 rings (SSSR count). The van der Waals surface area contributed by atoms with E-state index in [1.165, 1.54) is 12.1 Å². The molecule has 0 atom stereocenters. The highest BCUT2D eigenvalue weighted by Gasteiger charge is 2.35. The van der Waals surface area contributed by atoms with Crippen LogP contribution in [0.3, 0.4) is 0 Å². The van der Waals surface area contributed by atoms with Crippen LogP contribution in [0.25, 0.3) is 6.08 Å². The van der Waals surface area contributed by atoms with Crippen LogP contribution in [0.4, 0.5) is 4.39 Å². The average Bonchev–Trinajstić information content (AvgIpc) is 3.06. The number of halogens is 1. The van der Waals surface area contributed by atoms with Gasteiger partial charge in [0.2, 0.25) is 5.78 Å². The van der Waals surface area contributed by atoms with E-state index >= 15 is 0 Å². The summed E-state index contributed by atoms with van der Waals surface area (Å²) in [6.45, 7) is 3.62. The van der Waals surface area contributed by atoms with E-state index in [9.17, 15) is 9.18 Å². The summed E-state index contributed by atoms with van der Waals surface area (Å²) < 4.78 is 25.5. The number of hydrogen-bond acceptors (Lipinski definition) is 5. The van der Waals surface area contributed by atoms with Gasteiger partial charge in [-0.1, -0.05) is 12.1 Å². The van der Waals surface area contributed by atoms with Gasteiger partial charge in [0.15, 0.2) is 5.76 Å². The highest BCUT2D eigenvalue weighted by Crippen LogP contribution is 2.44. The highest BCUT2D eigenvalue weighted by atomic mass is 19.1. The fourth-order valence-corrected chi connectivity index (χ4v) is 3.87. The Kier molecular flexibility index (Phi) is 4.56. The summed E-state index contributed by atoms with van der Waals surface area (Å²) in [4.78, 5) is 19.2. The van der Waals surface area contributed by atoms with Crippen molar-refractivity contribution in [3.8, 4) is 11.5 Å². The second-order valence-corrected chi connectivity index (χ2v) is 7.49. The number of allylic oxidation sites excluding steroid dienone is 1. The van der Waals surface area contributed by atoms with Crippen molar-refractivity contribution in [2.24, 2.45) is 0 Å². The number of aryl methyl sites for hydroxylation is 1. The van der Waals surface area contributed by atoms with E-state index in [4.69, 9.17) is 9.47 Å². The van der Waals surface area contributed by atoms with Crippen LogP contribution in [0.1, 0.15) is 32.6 Å². The Labute approximate surface area is 173 Å². The summed E-state index contributed by atoms with van der Waals surface area (Å²) in [7, 11) is 0. The number of fused-ring (bicyclic) bond motifs is 3. The zero-order chi connectivity index (χ0) is 20.7. The van der Waals surface area contributed by atoms with Crippen LogP contribution in [-0.4, -0.2) is 22.4 Å². The normalized spacial score (nSPS) is 16.7. The van der Waals surface area contributed by atoms with Crippen LogP contribution in [0.5, 0.6) is 11.5 Å². The molecule has 0 aliphatic carbocycles. The number of Topliss-reactive ketones (excluding diaryl/α,β-unsaturated/α-hetero) is 1. The minimum absolute atomic E-state index is 0.193. The molecule has 3 heterocycles. The van der Waals surface area contributed by atoms with Crippen LogP contribution in [0, 0.1) is 12.7 Å². The van der Waals surface area contributed by atoms with E-state index in [-0.39, 0.29) is 17.4 Å². The predicted octanol–water partition coefficient (Wildman–Crippen LogP) is 4.50. The molecule has 0 bridgehead atoms. The van der Waals surface area contributed by atoms with Gasteiger partial charge in [-0.25, -0.2) is 4.39 Å². The van der Waals surface area contributed by atoms with Gasteiger partial charge in [0.05, 0.1) is 11.1 Å². The summed E-state index contributed by atoms with van der Waals surface area (Å²) in [6.07, 6.45) is 5.11. The van der Waals surface area contributed by atoms with Gasteiger partial charge in [-0.3, -0.25) is 14.7 Å². The molecule has 3 aromatic rings. The molecule has 1 aromatic heterocycles. The lowest BCUT2D eigenvalue weighted by Gasteiger charge is -2.30. The Bertz CT molecular complexity index is 1170. The Morgan fingerprint density at radius 3 is 2.83 bits per heavy atom. The Morgan fingerprint density at radius 1 is 1.20 bits per heavy atom. The maximum Gasteiger partial charge on any atom is 0.232 e. The van der Waals surface area contributed by atoms with Crippen molar-refractivity contribution in [2.75, 3.05) is 6.73 Å². The van der Waals surface area contributed by atoms with Crippen LogP contribution in [0.2, 0.25) is 0 Å². The van der Waals surface area contributed by atoms with Gasteiger partial charge >= 0.3 is 0 Å². The van der Waals surface area contributed by atoms with Crippen LogP contribution >= 0.6 is 0 Å². The van der Waals surface area contributed by atoms with Gasteiger partial charge in [-0.05, 0) is 60.0 Å². The first-order valence-electron chi connectivity index (χ1n) is 9.69. The van der Waals surface area contributed by atoms with E-state index in [1.807, 2.05) is 25.1 Å². The summed E-state index contributed by atoms with van der Waals surface area (Å²) in [6, 6.07) is 11.9. The first-order chi connectivity index (χ1) is 14.6. The zero-order valence-corrected chi connectivity index (χ0v) is 16.4. The maximum atomic E-state index is 13.5. The molecule has 2 aliphatic rings. The van der Waals surface area contributed by atoms with Crippen molar-refractivity contribution >= 4 is 11.9 Å². The van der Waals surface area contributed by atoms with Crippen molar-refractivity contribution in [3.05, 3.63) is 94.3 Å². The standard InChI is InChI=1S/C24H19FN2O3/c1-15-9-20-19(13-27(14-29-20)12-16-5-7-26-8-6-16)24-22(15)23(28)21(30-24)11-17-3-2-4-18(25)10-17/h2-11H,12-14H2,1H3/b21-11-. The number of ketones is 1. The molecule has 2 aromatic carbocycles. The minimum Gasteiger partial charge on any atom is -0.478 e. The van der Waals surface area contributed by atoms with Crippen molar-refractivity contribution in [3.63, 3.8) is 0 Å². The SMILES string of the molecule is Cc1cc2c(c3c1C(=O)/C(=C/c1cccc(F)c1)O3)CN(Cc1ccncc1)CO2. The van der Waals surface area contributed by atoms with Crippen molar-refractivity contribution in [2.45, 2.75) is 20.0 Å². The topological polar surface area (TPSA) is 51.7 Å². The molecular weight excluding hydrogens is 383 g/mol. The van der Waals surface area contributed by atoms with Crippen molar-refractivity contribution in [1.29, 1.82) is 0 Å². The Hall–Kier alpha value is -3.51. The third-order valence-corrected chi connectivity index (χ3v) is 5.29. The molecular formula is C24H19FN2O3. The van der Waals surface area contributed by atoms with Gasteiger partial charge in [-0.15, -0.1) is 0 Å². The third kappa shape index (κ3) is 3.35. The van der Waals surface area contributed by atoms with E-state index in [2.05, 4.69) is 9.88 Å². The smallest absolute Gasteiger partial charge is 0.232 e. The Morgan fingerprint density at radius 2 is 2.03 bits per heavy atom. The molecule has 30 heavy (non-hydrogen) atoms. The number of nitrogens with zero attached hydrogens (tertiary/aromatic N) is 2. The summed E-state index contributed by atoms with van der Waals surface area (Å²) in [5.74, 6) is 0.911. The monoisotopic (exact) mass is 402 g/mol. The number of carbonyl (C=O) groups is 1. The van der Waals surface area contributed by atoms with Crippen LogP contribution in [-0.2, 0) is 13.1 Å². The van der Waals surface area contributed by atoms with E-state index in [0.29, 0.717) is 36.7 Å². The number of benzene rings is 2. The predicted molar refractivity (Wildman–Crippen MR) is 109 cm³/mol. The van der Waals surface area contributed by atoms with Crippen molar-refractivity contribution in [1.82, 2.24) is 9.88 Å². The largest absolute Gasteiger partial charge is 0.478 e. The summed E-state index contributed by atoms with van der Waals surface area (Å²) in [5, 5.41) is 0.